The molecule has 3 N–H and O–H groups in total. The van der Waals surface area contributed by atoms with Crippen molar-refractivity contribution in [1.82, 2.24) is 15.5 Å². The molecule has 3 amide bonds. The number of carbonyl (C=O) groups is 3. The molecule has 2 atom stereocenters. The van der Waals surface area contributed by atoms with E-state index in [0.29, 0.717) is 6.42 Å². The lowest BCUT2D eigenvalue weighted by Crippen LogP contribution is -2.51. The van der Waals surface area contributed by atoms with Crippen LogP contribution in [0.15, 0.2) is 0 Å². The van der Waals surface area contributed by atoms with Crippen molar-refractivity contribution in [3.8, 4) is 0 Å². The Bertz CT molecular complexity index is 367. The second-order valence-corrected chi connectivity index (χ2v) is 5.12. The van der Waals surface area contributed by atoms with Gasteiger partial charge in [-0.2, -0.15) is 0 Å². The lowest BCUT2D eigenvalue weighted by molar-refractivity contribution is -0.140. The molecule has 0 radical (unpaired) electrons. The lowest BCUT2D eigenvalue weighted by atomic mass is 9.99. The standard InChI is InChI=1S/C13H23N3O4/c1-3-9(2)11(12(18)19)15-13(20)14-8-10(17)16-6-4-5-7-16/h9,11H,3-8H2,1-2H3,(H,18,19)(H2,14,15,20)/t9-,11-/m0/s1. The first kappa shape index (κ1) is 16.3. The van der Waals surface area contributed by atoms with Gasteiger partial charge in [-0.1, -0.05) is 20.3 Å². The van der Waals surface area contributed by atoms with Crippen LogP contribution in [0.2, 0.25) is 0 Å². The highest BCUT2D eigenvalue weighted by Crippen LogP contribution is 2.08. The predicted octanol–water partition coefficient (Wildman–Crippen LogP) is 0.407. The van der Waals surface area contributed by atoms with Crippen molar-refractivity contribution in [1.29, 1.82) is 0 Å². The number of aliphatic carboxylic acids is 1. The van der Waals surface area contributed by atoms with Crippen LogP contribution in [0.4, 0.5) is 4.79 Å². The van der Waals surface area contributed by atoms with Crippen LogP contribution < -0.4 is 10.6 Å². The number of carboxylic acid groups (broad SMARTS) is 1. The van der Waals surface area contributed by atoms with Crippen LogP contribution in [0.3, 0.4) is 0 Å². The molecule has 1 aliphatic rings. The molecule has 0 aromatic carbocycles. The van der Waals surface area contributed by atoms with E-state index in [1.54, 1.807) is 11.8 Å². The molecular formula is C13H23N3O4. The van der Waals surface area contributed by atoms with Crippen LogP contribution in [-0.2, 0) is 9.59 Å². The zero-order chi connectivity index (χ0) is 15.1. The average molecular weight is 285 g/mol. The van der Waals surface area contributed by atoms with Gasteiger partial charge >= 0.3 is 12.0 Å². The Morgan fingerprint density at radius 2 is 1.85 bits per heavy atom. The Balaban J connectivity index is 2.37. The summed E-state index contributed by atoms with van der Waals surface area (Å²) in [4.78, 5) is 36.1. The number of nitrogens with one attached hydrogen (secondary N) is 2. The van der Waals surface area contributed by atoms with Gasteiger partial charge in [0.05, 0.1) is 6.54 Å². The number of rotatable bonds is 6. The van der Waals surface area contributed by atoms with Gasteiger partial charge in [-0.25, -0.2) is 9.59 Å². The minimum atomic E-state index is -1.07. The summed E-state index contributed by atoms with van der Waals surface area (Å²) >= 11 is 0. The second kappa shape index (κ2) is 7.72. The lowest BCUT2D eigenvalue weighted by Gasteiger charge is -2.21. The molecule has 0 unspecified atom stereocenters. The largest absolute Gasteiger partial charge is 0.480 e. The highest BCUT2D eigenvalue weighted by atomic mass is 16.4. The maximum absolute atomic E-state index is 11.7. The summed E-state index contributed by atoms with van der Waals surface area (Å²) in [6.45, 7) is 4.98. The fourth-order valence-electron chi connectivity index (χ4n) is 2.11. The number of carboxylic acids is 1. The summed E-state index contributed by atoms with van der Waals surface area (Å²) in [5.74, 6) is -1.37. The quantitative estimate of drug-likeness (QED) is 0.658. The molecule has 1 heterocycles. The molecule has 1 rings (SSSR count). The van der Waals surface area contributed by atoms with Gasteiger partial charge in [0.1, 0.15) is 6.04 Å². The first-order chi connectivity index (χ1) is 9.45. The number of urea groups is 1. The number of likely N-dealkylation sites (tertiary alicyclic amines) is 1. The smallest absolute Gasteiger partial charge is 0.326 e. The van der Waals surface area contributed by atoms with Crippen LogP contribution in [0, 0.1) is 5.92 Å². The van der Waals surface area contributed by atoms with Gasteiger partial charge in [0.2, 0.25) is 5.91 Å². The molecule has 20 heavy (non-hydrogen) atoms. The van der Waals surface area contributed by atoms with E-state index >= 15 is 0 Å². The maximum atomic E-state index is 11.7. The number of amides is 3. The fourth-order valence-corrected chi connectivity index (χ4v) is 2.11. The summed E-state index contributed by atoms with van der Waals surface area (Å²) in [5, 5.41) is 13.9. The molecule has 0 saturated carbocycles. The Labute approximate surface area is 118 Å². The third-order valence-electron chi connectivity index (χ3n) is 3.62. The summed E-state index contributed by atoms with van der Waals surface area (Å²) < 4.78 is 0. The molecule has 0 aromatic rings. The minimum Gasteiger partial charge on any atom is -0.480 e. The fraction of sp³-hybridized carbons (Fsp3) is 0.769. The van der Waals surface area contributed by atoms with Crippen LogP contribution in [0.25, 0.3) is 0 Å². The number of hydrogen-bond acceptors (Lipinski definition) is 3. The maximum Gasteiger partial charge on any atom is 0.326 e. The molecule has 0 spiro atoms. The molecule has 1 saturated heterocycles. The number of hydrogen-bond donors (Lipinski definition) is 3. The first-order valence-electron chi connectivity index (χ1n) is 7.00. The van der Waals surface area contributed by atoms with E-state index in [0.717, 1.165) is 25.9 Å². The van der Waals surface area contributed by atoms with Crippen molar-refractivity contribution in [3.63, 3.8) is 0 Å². The van der Waals surface area contributed by atoms with E-state index < -0.39 is 18.0 Å². The molecule has 0 aliphatic carbocycles. The summed E-state index contributed by atoms with van der Waals surface area (Å²) in [6.07, 6.45) is 2.63. The summed E-state index contributed by atoms with van der Waals surface area (Å²) in [6, 6.07) is -1.56. The van der Waals surface area contributed by atoms with Crippen LogP contribution >= 0.6 is 0 Å². The highest BCUT2D eigenvalue weighted by Gasteiger charge is 2.25. The Hall–Kier alpha value is -1.79. The Morgan fingerprint density at radius 3 is 2.35 bits per heavy atom. The third-order valence-corrected chi connectivity index (χ3v) is 3.62. The normalized spacial score (nSPS) is 17.4. The topological polar surface area (TPSA) is 98.7 Å². The van der Waals surface area contributed by atoms with Crippen molar-refractivity contribution < 1.29 is 19.5 Å². The average Bonchev–Trinajstić information content (AvgIpc) is 2.95. The van der Waals surface area contributed by atoms with Gasteiger partial charge in [0.15, 0.2) is 0 Å². The van der Waals surface area contributed by atoms with Crippen LogP contribution in [0.1, 0.15) is 33.1 Å². The van der Waals surface area contributed by atoms with E-state index in [2.05, 4.69) is 10.6 Å². The minimum absolute atomic E-state index is 0.0985. The van der Waals surface area contributed by atoms with Crippen molar-refractivity contribution in [2.24, 2.45) is 5.92 Å². The van der Waals surface area contributed by atoms with E-state index in [4.69, 9.17) is 5.11 Å². The van der Waals surface area contributed by atoms with Gasteiger partial charge < -0.3 is 20.6 Å². The summed E-state index contributed by atoms with van der Waals surface area (Å²) in [7, 11) is 0. The number of nitrogens with zero attached hydrogens (tertiary/aromatic N) is 1. The Kier molecular flexibility index (Phi) is 6.27. The predicted molar refractivity (Wildman–Crippen MR) is 73.2 cm³/mol. The van der Waals surface area contributed by atoms with Gasteiger partial charge in [-0.05, 0) is 18.8 Å². The highest BCUT2D eigenvalue weighted by molar-refractivity contribution is 5.86. The van der Waals surface area contributed by atoms with E-state index in [1.165, 1.54) is 0 Å². The molecule has 7 nitrogen and oxygen atoms in total. The van der Waals surface area contributed by atoms with Crippen LogP contribution in [-0.4, -0.2) is 53.6 Å². The molecule has 114 valence electrons. The Morgan fingerprint density at radius 1 is 1.25 bits per heavy atom. The van der Waals surface area contributed by atoms with E-state index in [-0.39, 0.29) is 18.4 Å². The van der Waals surface area contributed by atoms with Crippen molar-refractivity contribution in [2.75, 3.05) is 19.6 Å². The van der Waals surface area contributed by atoms with Gasteiger partial charge in [-0.15, -0.1) is 0 Å². The zero-order valence-corrected chi connectivity index (χ0v) is 12.0. The first-order valence-corrected chi connectivity index (χ1v) is 7.00. The van der Waals surface area contributed by atoms with Gasteiger partial charge in [-0.3, -0.25) is 4.79 Å². The monoisotopic (exact) mass is 285 g/mol. The molecule has 1 aliphatic heterocycles. The molecule has 0 aromatic heterocycles. The van der Waals surface area contributed by atoms with Crippen LogP contribution in [0.5, 0.6) is 0 Å². The molecular weight excluding hydrogens is 262 g/mol. The van der Waals surface area contributed by atoms with Gasteiger partial charge in [0, 0.05) is 13.1 Å². The molecule has 0 bridgehead atoms. The van der Waals surface area contributed by atoms with Crippen molar-refractivity contribution in [3.05, 3.63) is 0 Å². The SMILES string of the molecule is CC[C@H](C)[C@H](NC(=O)NCC(=O)N1CCCC1)C(=O)O. The van der Waals surface area contributed by atoms with Crippen molar-refractivity contribution in [2.45, 2.75) is 39.2 Å². The zero-order valence-electron chi connectivity index (χ0n) is 12.0. The van der Waals surface area contributed by atoms with Crippen molar-refractivity contribution >= 4 is 17.9 Å². The van der Waals surface area contributed by atoms with E-state index in [9.17, 15) is 14.4 Å². The summed E-state index contributed by atoms with van der Waals surface area (Å²) in [5.41, 5.74) is 0. The number of carbonyl (C=O) groups excluding carboxylic acids is 2. The van der Waals surface area contributed by atoms with Gasteiger partial charge in [0.25, 0.3) is 0 Å². The second-order valence-electron chi connectivity index (χ2n) is 5.12. The molecule has 7 heteroatoms. The molecule has 1 fully saturated rings. The third kappa shape index (κ3) is 4.71. The van der Waals surface area contributed by atoms with E-state index in [1.807, 2.05) is 6.92 Å².